The minimum absolute atomic E-state index is 0.224. The van der Waals surface area contributed by atoms with Crippen molar-refractivity contribution in [3.8, 4) is 28.1 Å². The lowest BCUT2D eigenvalue weighted by atomic mass is 10.0. The van der Waals surface area contributed by atoms with Gasteiger partial charge in [0.05, 0.1) is 24.6 Å². The Morgan fingerprint density at radius 2 is 1.44 bits per heavy atom. The van der Waals surface area contributed by atoms with Crippen molar-refractivity contribution in [2.24, 2.45) is 16.7 Å². The Morgan fingerprint density at radius 1 is 0.853 bits per heavy atom. The number of nitrogens with zero attached hydrogens (tertiary/aromatic N) is 4. The van der Waals surface area contributed by atoms with Crippen LogP contribution in [0, 0.1) is 0 Å². The maximum atomic E-state index is 5.97. The van der Waals surface area contributed by atoms with Gasteiger partial charge in [-0.1, -0.05) is 78.9 Å². The molecule has 5 N–H and O–H groups in total. The summed E-state index contributed by atoms with van der Waals surface area (Å²) < 4.78 is 6.70. The zero-order valence-electron chi connectivity index (χ0n) is 18.7. The number of hydrogen-bond acceptors (Lipinski definition) is 6. The average Bonchev–Trinajstić information content (AvgIpc) is 3.34. The lowest BCUT2D eigenvalue weighted by Gasteiger charge is -2.12. The summed E-state index contributed by atoms with van der Waals surface area (Å²) in [5, 5.41) is 8.34. The molecule has 0 saturated heterocycles. The van der Waals surface area contributed by atoms with Gasteiger partial charge in [-0.25, -0.2) is 20.9 Å². The smallest absolute Gasteiger partial charge is 0.166 e. The van der Waals surface area contributed by atoms with Crippen molar-refractivity contribution >= 4 is 11.5 Å². The highest BCUT2D eigenvalue weighted by atomic mass is 16.5. The maximum Gasteiger partial charge on any atom is 0.166 e. The van der Waals surface area contributed by atoms with Crippen LogP contribution in [0.3, 0.4) is 0 Å². The summed E-state index contributed by atoms with van der Waals surface area (Å²) in [5.41, 5.74) is 13.4. The van der Waals surface area contributed by atoms with Crippen LogP contribution in [0.15, 0.2) is 108 Å². The molecule has 0 aliphatic rings. The monoisotopic (exact) mass is 451 g/mol. The van der Waals surface area contributed by atoms with Crippen LogP contribution in [0.1, 0.15) is 5.56 Å². The first kappa shape index (κ1) is 22.5. The predicted molar refractivity (Wildman–Crippen MR) is 135 cm³/mol. The van der Waals surface area contributed by atoms with Crippen molar-refractivity contribution in [2.45, 2.75) is 0 Å². The number of rotatable bonds is 5. The van der Waals surface area contributed by atoms with Gasteiger partial charge in [-0.3, -0.25) is 0 Å². The van der Waals surface area contributed by atoms with Crippen LogP contribution in [0.4, 0.5) is 0 Å². The van der Waals surface area contributed by atoms with E-state index in [0.717, 1.165) is 28.1 Å². The van der Waals surface area contributed by atoms with E-state index in [1.807, 2.05) is 97.2 Å². The number of para-hydroxylation sites is 1. The number of hydrazone groups is 1. The molecule has 0 spiro atoms. The number of ether oxygens (including phenoxy) is 1. The first-order chi connectivity index (χ1) is 16.7. The van der Waals surface area contributed by atoms with Gasteiger partial charge < -0.3 is 10.5 Å². The van der Waals surface area contributed by atoms with Crippen molar-refractivity contribution in [3.05, 3.63) is 109 Å². The number of aromatic nitrogens is 3. The third-order valence-corrected chi connectivity index (χ3v) is 5.10. The Kier molecular flexibility index (Phi) is 7.12. The lowest BCUT2D eigenvalue weighted by molar-refractivity contribution is 0.415. The van der Waals surface area contributed by atoms with Gasteiger partial charge in [0.2, 0.25) is 0 Å². The van der Waals surface area contributed by atoms with Crippen LogP contribution in [0.5, 0.6) is 5.75 Å². The standard InChI is InChI=1S/C19H17N7.C7H8O/c20-18(24-25-21)16-12-23-26-17(14-9-5-2-6-10-14)15(11-22-19(16)26)13-7-3-1-4-8-13;1-8-7-5-3-2-4-6-7/h1-12,25H,21H2,(H2,20,24);2-6H,1H3. The topological polar surface area (TPSA) is 116 Å². The van der Waals surface area contributed by atoms with Gasteiger partial charge in [0.15, 0.2) is 11.5 Å². The Morgan fingerprint density at radius 3 is 2.00 bits per heavy atom. The van der Waals surface area contributed by atoms with E-state index in [-0.39, 0.29) is 5.84 Å². The number of hydrogen-bond donors (Lipinski definition) is 3. The number of amidine groups is 1. The summed E-state index contributed by atoms with van der Waals surface area (Å²) in [4.78, 5) is 4.58. The van der Waals surface area contributed by atoms with Gasteiger partial charge in [0.25, 0.3) is 0 Å². The SMILES string of the molecule is COc1ccccc1.NN/N=C(\N)c1cnn2c(-c3ccccc3)c(-c3ccccc3)cnc12. The number of nitrogens with two attached hydrogens (primary N) is 2. The highest BCUT2D eigenvalue weighted by Gasteiger charge is 2.17. The van der Waals surface area contributed by atoms with Gasteiger partial charge in [0, 0.05) is 17.3 Å². The third-order valence-electron chi connectivity index (χ3n) is 5.10. The van der Waals surface area contributed by atoms with E-state index in [4.69, 9.17) is 16.3 Å². The van der Waals surface area contributed by atoms with E-state index in [1.165, 1.54) is 0 Å². The van der Waals surface area contributed by atoms with E-state index in [0.29, 0.717) is 11.2 Å². The summed E-state index contributed by atoms with van der Waals surface area (Å²) in [6.45, 7) is 0. The molecule has 5 rings (SSSR count). The van der Waals surface area contributed by atoms with Gasteiger partial charge in [-0.05, 0) is 17.7 Å². The molecular formula is C26H25N7O. The van der Waals surface area contributed by atoms with E-state index >= 15 is 0 Å². The summed E-state index contributed by atoms with van der Waals surface area (Å²) >= 11 is 0. The molecule has 5 aromatic rings. The second-order valence-electron chi connectivity index (χ2n) is 7.19. The molecule has 0 saturated carbocycles. The minimum Gasteiger partial charge on any atom is -0.497 e. The zero-order valence-corrected chi connectivity index (χ0v) is 18.7. The second kappa shape index (κ2) is 10.8. The highest BCUT2D eigenvalue weighted by molar-refractivity contribution is 6.02. The molecule has 8 nitrogen and oxygen atoms in total. The van der Waals surface area contributed by atoms with Crippen molar-refractivity contribution in [1.82, 2.24) is 20.1 Å². The number of nitrogens with one attached hydrogen (secondary N) is 1. The molecule has 3 aromatic carbocycles. The Hall–Kier alpha value is -4.69. The van der Waals surface area contributed by atoms with Gasteiger partial charge in [0.1, 0.15) is 5.75 Å². The van der Waals surface area contributed by atoms with E-state index in [9.17, 15) is 0 Å². The molecular weight excluding hydrogens is 426 g/mol. The molecule has 0 radical (unpaired) electrons. The largest absolute Gasteiger partial charge is 0.497 e. The zero-order chi connectivity index (χ0) is 23.8. The van der Waals surface area contributed by atoms with Crippen LogP contribution >= 0.6 is 0 Å². The second-order valence-corrected chi connectivity index (χ2v) is 7.19. The molecule has 170 valence electrons. The molecule has 0 aliphatic heterocycles. The fraction of sp³-hybridized carbons (Fsp3) is 0.0385. The number of methoxy groups -OCH3 is 1. The molecule has 34 heavy (non-hydrogen) atoms. The highest BCUT2D eigenvalue weighted by Crippen LogP contribution is 2.32. The first-order valence-corrected chi connectivity index (χ1v) is 10.6. The fourth-order valence-electron chi connectivity index (χ4n) is 3.50. The quantitative estimate of drug-likeness (QED) is 0.162. The normalized spacial score (nSPS) is 10.9. The Balaban J connectivity index is 0.000000291. The van der Waals surface area contributed by atoms with Crippen molar-refractivity contribution in [3.63, 3.8) is 0 Å². The number of benzene rings is 3. The van der Waals surface area contributed by atoms with Gasteiger partial charge in [-0.15, -0.1) is 5.10 Å². The van der Waals surface area contributed by atoms with Crippen LogP contribution in [-0.4, -0.2) is 27.5 Å². The van der Waals surface area contributed by atoms with E-state index in [1.54, 1.807) is 17.8 Å². The predicted octanol–water partition coefficient (Wildman–Crippen LogP) is 3.84. The van der Waals surface area contributed by atoms with Crippen LogP contribution in [0.25, 0.3) is 28.0 Å². The summed E-state index contributed by atoms with van der Waals surface area (Å²) in [6.07, 6.45) is 3.47. The summed E-state index contributed by atoms with van der Waals surface area (Å²) in [7, 11) is 1.66. The summed E-state index contributed by atoms with van der Waals surface area (Å²) in [5.74, 6) is 6.37. The van der Waals surface area contributed by atoms with Crippen molar-refractivity contribution < 1.29 is 4.74 Å². The molecule has 2 aromatic heterocycles. The molecule has 8 heteroatoms. The minimum atomic E-state index is 0.224. The van der Waals surface area contributed by atoms with Gasteiger partial charge in [-0.2, -0.15) is 5.10 Å². The molecule has 0 unspecified atom stereocenters. The molecule has 0 bridgehead atoms. The molecule has 2 heterocycles. The molecule has 0 amide bonds. The maximum absolute atomic E-state index is 5.97. The van der Waals surface area contributed by atoms with E-state index < -0.39 is 0 Å². The molecule has 0 fully saturated rings. The Bertz CT molecular complexity index is 1370. The number of hydrazine groups is 1. The molecule has 0 aliphatic carbocycles. The number of fused-ring (bicyclic) bond motifs is 1. The third kappa shape index (κ3) is 4.87. The van der Waals surface area contributed by atoms with Gasteiger partial charge >= 0.3 is 0 Å². The fourth-order valence-corrected chi connectivity index (χ4v) is 3.50. The molecule has 0 atom stereocenters. The first-order valence-electron chi connectivity index (χ1n) is 10.6. The van der Waals surface area contributed by atoms with Crippen LogP contribution in [-0.2, 0) is 0 Å². The Labute approximate surface area is 197 Å². The van der Waals surface area contributed by atoms with Crippen molar-refractivity contribution in [1.29, 1.82) is 0 Å². The average molecular weight is 452 g/mol. The van der Waals surface area contributed by atoms with Crippen molar-refractivity contribution in [2.75, 3.05) is 7.11 Å². The lowest BCUT2D eigenvalue weighted by Crippen LogP contribution is -2.23. The van der Waals surface area contributed by atoms with Crippen LogP contribution in [0.2, 0.25) is 0 Å². The summed E-state index contributed by atoms with van der Waals surface area (Å²) in [6, 6.07) is 29.8. The van der Waals surface area contributed by atoms with Crippen LogP contribution < -0.4 is 21.8 Å². The van der Waals surface area contributed by atoms with E-state index in [2.05, 4.69) is 20.7 Å².